The van der Waals surface area contributed by atoms with Gasteiger partial charge in [-0.1, -0.05) is 6.92 Å². The van der Waals surface area contributed by atoms with E-state index in [9.17, 15) is 0 Å². The van der Waals surface area contributed by atoms with E-state index in [1.54, 1.807) is 6.26 Å². The van der Waals surface area contributed by atoms with Crippen LogP contribution in [0.1, 0.15) is 31.4 Å². The van der Waals surface area contributed by atoms with E-state index in [-0.39, 0.29) is 0 Å². The quantitative estimate of drug-likeness (QED) is 0.777. The third kappa shape index (κ3) is 2.61. The molecule has 2 N–H and O–H groups in total. The molecule has 2 rings (SSSR count). The molecule has 3 heteroatoms. The van der Waals surface area contributed by atoms with Crippen LogP contribution in [-0.4, -0.2) is 24.5 Å². The lowest BCUT2D eigenvalue weighted by Crippen LogP contribution is -2.34. The topological polar surface area (TPSA) is 42.4 Å². The van der Waals surface area contributed by atoms with E-state index in [2.05, 4.69) is 11.8 Å². The number of furan rings is 1. The Morgan fingerprint density at radius 3 is 2.87 bits per heavy atom. The molecule has 1 heterocycles. The summed E-state index contributed by atoms with van der Waals surface area (Å²) in [6.07, 6.45) is 6.31. The van der Waals surface area contributed by atoms with Gasteiger partial charge in [-0.25, -0.2) is 0 Å². The van der Waals surface area contributed by atoms with E-state index < -0.39 is 0 Å². The molecule has 1 aliphatic rings. The zero-order chi connectivity index (χ0) is 10.7. The highest BCUT2D eigenvalue weighted by Gasteiger charge is 2.27. The maximum Gasteiger partial charge on any atom is 0.0950 e. The smallest absolute Gasteiger partial charge is 0.0950 e. The first kappa shape index (κ1) is 10.7. The average molecular weight is 208 g/mol. The molecule has 0 aliphatic heterocycles. The Morgan fingerprint density at radius 2 is 2.40 bits per heavy atom. The molecule has 1 fully saturated rings. The first-order valence-electron chi connectivity index (χ1n) is 5.81. The maximum absolute atomic E-state index is 5.85. The van der Waals surface area contributed by atoms with Gasteiger partial charge in [-0.3, -0.25) is 4.90 Å². The molecule has 1 aromatic rings. The van der Waals surface area contributed by atoms with Gasteiger partial charge < -0.3 is 10.2 Å². The Hall–Kier alpha value is -0.800. The minimum atomic E-state index is 0.328. The summed E-state index contributed by atoms with van der Waals surface area (Å²) in [7, 11) is 0. The second-order valence-electron chi connectivity index (χ2n) is 4.34. The lowest BCUT2D eigenvalue weighted by molar-refractivity contribution is 0.203. The Morgan fingerprint density at radius 1 is 1.60 bits per heavy atom. The van der Waals surface area contributed by atoms with E-state index in [0.29, 0.717) is 12.6 Å². The second-order valence-corrected chi connectivity index (χ2v) is 4.34. The predicted octanol–water partition coefficient (Wildman–Crippen LogP) is 2.01. The summed E-state index contributed by atoms with van der Waals surface area (Å²) < 4.78 is 5.13. The van der Waals surface area contributed by atoms with Gasteiger partial charge >= 0.3 is 0 Å². The third-order valence-electron chi connectivity index (χ3n) is 3.19. The molecular formula is C12H20N2O. The molecule has 0 saturated heterocycles. The van der Waals surface area contributed by atoms with Gasteiger partial charge in [0.2, 0.25) is 0 Å². The van der Waals surface area contributed by atoms with Crippen LogP contribution in [0.2, 0.25) is 0 Å². The molecule has 1 aliphatic carbocycles. The minimum Gasteiger partial charge on any atom is -0.472 e. The van der Waals surface area contributed by atoms with Gasteiger partial charge in [0.25, 0.3) is 0 Å². The van der Waals surface area contributed by atoms with Crippen molar-refractivity contribution in [1.29, 1.82) is 0 Å². The van der Waals surface area contributed by atoms with Crippen LogP contribution in [0.5, 0.6) is 0 Å². The lowest BCUT2D eigenvalue weighted by atomic mass is 10.1. The van der Waals surface area contributed by atoms with Gasteiger partial charge in [0, 0.05) is 18.7 Å². The molecule has 1 aromatic heterocycles. The molecule has 0 bridgehead atoms. The molecule has 0 aromatic carbocycles. The average Bonchev–Trinajstić information content (AvgIpc) is 2.91. The molecule has 0 spiro atoms. The fourth-order valence-corrected chi connectivity index (χ4v) is 2.07. The number of hydrogen-bond donors (Lipinski definition) is 1. The van der Waals surface area contributed by atoms with E-state index in [4.69, 9.17) is 10.2 Å². The zero-order valence-electron chi connectivity index (χ0n) is 9.36. The highest BCUT2D eigenvalue weighted by atomic mass is 16.3. The van der Waals surface area contributed by atoms with Gasteiger partial charge in [-0.15, -0.1) is 0 Å². The van der Waals surface area contributed by atoms with Crippen LogP contribution in [0.25, 0.3) is 0 Å². The van der Waals surface area contributed by atoms with Gasteiger partial charge in [0.15, 0.2) is 0 Å². The molecule has 0 amide bonds. The van der Waals surface area contributed by atoms with Gasteiger partial charge in [-0.2, -0.15) is 0 Å². The number of likely N-dealkylation sites (N-methyl/N-ethyl adjacent to an activating group) is 1. The van der Waals surface area contributed by atoms with Crippen molar-refractivity contribution in [2.75, 3.05) is 19.6 Å². The summed E-state index contributed by atoms with van der Waals surface area (Å²) in [5.74, 6) is 0.908. The number of nitrogens with two attached hydrogens (primary N) is 1. The van der Waals surface area contributed by atoms with Crippen LogP contribution >= 0.6 is 0 Å². The van der Waals surface area contributed by atoms with Crippen LogP contribution < -0.4 is 5.73 Å². The molecule has 0 radical (unpaired) electrons. The summed E-state index contributed by atoms with van der Waals surface area (Å²) in [5, 5.41) is 0. The number of rotatable bonds is 6. The van der Waals surface area contributed by atoms with E-state index in [1.165, 1.54) is 24.9 Å². The fourth-order valence-electron chi connectivity index (χ4n) is 2.07. The number of nitrogens with zero attached hydrogens (tertiary/aromatic N) is 1. The molecule has 15 heavy (non-hydrogen) atoms. The van der Waals surface area contributed by atoms with Gasteiger partial charge in [-0.05, 0) is 31.4 Å². The Labute approximate surface area is 91.2 Å². The van der Waals surface area contributed by atoms with E-state index in [1.807, 2.05) is 12.3 Å². The normalized spacial score (nSPS) is 18.3. The first-order chi connectivity index (χ1) is 7.35. The standard InChI is InChI=1S/C12H20N2O/c1-2-14(8-10-3-4-10)12(7-13)11-5-6-15-9-11/h5-6,9-10,12H,2-4,7-8,13H2,1H3. The third-order valence-corrected chi connectivity index (χ3v) is 3.19. The van der Waals surface area contributed by atoms with Gasteiger partial charge in [0.1, 0.15) is 0 Å². The lowest BCUT2D eigenvalue weighted by Gasteiger charge is -2.29. The van der Waals surface area contributed by atoms with Crippen molar-refractivity contribution in [1.82, 2.24) is 4.90 Å². The van der Waals surface area contributed by atoms with Crippen molar-refractivity contribution in [2.24, 2.45) is 11.7 Å². The van der Waals surface area contributed by atoms with E-state index in [0.717, 1.165) is 12.5 Å². The van der Waals surface area contributed by atoms with Crippen molar-refractivity contribution < 1.29 is 4.42 Å². The number of hydrogen-bond acceptors (Lipinski definition) is 3. The van der Waals surface area contributed by atoms with Crippen molar-refractivity contribution in [3.63, 3.8) is 0 Å². The van der Waals surface area contributed by atoms with Crippen molar-refractivity contribution in [2.45, 2.75) is 25.8 Å². The largest absolute Gasteiger partial charge is 0.472 e. The SMILES string of the molecule is CCN(CC1CC1)C(CN)c1ccoc1. The Balaban J connectivity index is 2.01. The molecule has 1 unspecified atom stereocenters. The first-order valence-corrected chi connectivity index (χ1v) is 5.81. The van der Waals surface area contributed by atoms with Crippen LogP contribution in [0.4, 0.5) is 0 Å². The van der Waals surface area contributed by atoms with Crippen molar-refractivity contribution in [3.05, 3.63) is 24.2 Å². The highest BCUT2D eigenvalue weighted by Crippen LogP contribution is 2.32. The molecular weight excluding hydrogens is 188 g/mol. The Bertz CT molecular complexity index is 280. The second kappa shape index (κ2) is 4.81. The van der Waals surface area contributed by atoms with Crippen LogP contribution in [-0.2, 0) is 0 Å². The maximum atomic E-state index is 5.85. The molecule has 84 valence electrons. The highest BCUT2D eigenvalue weighted by molar-refractivity contribution is 5.12. The van der Waals surface area contributed by atoms with Crippen LogP contribution in [0, 0.1) is 5.92 Å². The summed E-state index contributed by atoms with van der Waals surface area (Å²) >= 11 is 0. The molecule has 1 saturated carbocycles. The van der Waals surface area contributed by atoms with Crippen molar-refractivity contribution in [3.8, 4) is 0 Å². The summed E-state index contributed by atoms with van der Waals surface area (Å²) in [4.78, 5) is 2.46. The van der Waals surface area contributed by atoms with Crippen molar-refractivity contribution >= 4 is 0 Å². The van der Waals surface area contributed by atoms with Crippen LogP contribution in [0.15, 0.2) is 23.0 Å². The Kier molecular flexibility index (Phi) is 3.44. The predicted molar refractivity (Wildman–Crippen MR) is 60.5 cm³/mol. The zero-order valence-corrected chi connectivity index (χ0v) is 9.36. The summed E-state index contributed by atoms with van der Waals surface area (Å²) in [6, 6.07) is 2.35. The summed E-state index contributed by atoms with van der Waals surface area (Å²) in [5.41, 5.74) is 7.06. The monoisotopic (exact) mass is 208 g/mol. The van der Waals surface area contributed by atoms with Crippen LogP contribution in [0.3, 0.4) is 0 Å². The molecule has 3 nitrogen and oxygen atoms in total. The fraction of sp³-hybridized carbons (Fsp3) is 0.667. The molecule has 1 atom stereocenters. The minimum absolute atomic E-state index is 0.328. The van der Waals surface area contributed by atoms with Gasteiger partial charge in [0.05, 0.1) is 18.6 Å². The van der Waals surface area contributed by atoms with E-state index >= 15 is 0 Å². The summed E-state index contributed by atoms with van der Waals surface area (Å²) in [6.45, 7) is 5.11.